The summed E-state index contributed by atoms with van der Waals surface area (Å²) in [6, 6.07) is 1.49. The molecule has 20 heavy (non-hydrogen) atoms. The van der Waals surface area contributed by atoms with Crippen LogP contribution in [0.1, 0.15) is 44.2 Å². The third-order valence-corrected chi connectivity index (χ3v) is 3.13. The number of likely N-dealkylation sites (N-methyl/N-ethyl adjacent to an activating group) is 1. The Bertz CT molecular complexity index is 561. The molecule has 2 aromatic heterocycles. The van der Waals surface area contributed by atoms with Gasteiger partial charge in [0.05, 0.1) is 12.2 Å². The Kier molecular flexibility index (Phi) is 4.16. The first-order valence-corrected chi connectivity index (χ1v) is 6.53. The van der Waals surface area contributed by atoms with Crippen molar-refractivity contribution in [1.29, 1.82) is 0 Å². The molecule has 2 rings (SSSR count). The topological polar surface area (TPSA) is 77.0 Å². The van der Waals surface area contributed by atoms with Gasteiger partial charge in [0, 0.05) is 13.1 Å². The molecule has 2 heterocycles. The van der Waals surface area contributed by atoms with Crippen LogP contribution in [0.4, 0.5) is 0 Å². The standard InChI is InChI=1S/C13H19N5O2/c1-9(2)12-5-11(20-16-12)6-17(4)13(19)10(3)18-8-14-7-15-18/h5,7-10H,6H2,1-4H3/t10-/m1/s1. The van der Waals surface area contributed by atoms with Crippen LogP contribution in [0.5, 0.6) is 0 Å². The molecule has 7 heteroatoms. The SMILES string of the molecule is CC(C)c1cc(CN(C)C(=O)[C@@H](C)n2cncn2)on1. The molecule has 0 unspecified atom stereocenters. The molecule has 0 aliphatic carbocycles. The van der Waals surface area contributed by atoms with Crippen molar-refractivity contribution in [2.75, 3.05) is 7.05 Å². The third-order valence-electron chi connectivity index (χ3n) is 3.13. The summed E-state index contributed by atoms with van der Waals surface area (Å²) in [5.74, 6) is 0.927. The smallest absolute Gasteiger partial charge is 0.247 e. The molecule has 0 aliphatic heterocycles. The van der Waals surface area contributed by atoms with E-state index < -0.39 is 6.04 Å². The molecule has 0 saturated carbocycles. The second-order valence-electron chi connectivity index (χ2n) is 5.12. The lowest BCUT2D eigenvalue weighted by atomic mass is 10.1. The summed E-state index contributed by atoms with van der Waals surface area (Å²) in [5, 5.41) is 7.96. The summed E-state index contributed by atoms with van der Waals surface area (Å²) in [4.78, 5) is 17.7. The first-order chi connectivity index (χ1) is 9.49. The quantitative estimate of drug-likeness (QED) is 0.829. The fourth-order valence-electron chi connectivity index (χ4n) is 1.84. The number of carbonyl (C=O) groups is 1. The van der Waals surface area contributed by atoms with Gasteiger partial charge in [0.2, 0.25) is 5.91 Å². The second-order valence-corrected chi connectivity index (χ2v) is 5.12. The van der Waals surface area contributed by atoms with Crippen molar-refractivity contribution in [2.24, 2.45) is 0 Å². The number of nitrogens with zero attached hydrogens (tertiary/aromatic N) is 5. The van der Waals surface area contributed by atoms with Gasteiger partial charge in [-0.05, 0) is 12.8 Å². The van der Waals surface area contributed by atoms with E-state index in [2.05, 4.69) is 15.2 Å². The van der Waals surface area contributed by atoms with Gasteiger partial charge in [-0.2, -0.15) is 5.10 Å². The molecule has 0 radical (unpaired) electrons. The monoisotopic (exact) mass is 277 g/mol. The Morgan fingerprint density at radius 2 is 2.20 bits per heavy atom. The summed E-state index contributed by atoms with van der Waals surface area (Å²) in [6.07, 6.45) is 2.94. The molecule has 2 aromatic rings. The molecular formula is C13H19N5O2. The average Bonchev–Trinajstić information content (AvgIpc) is 3.07. The van der Waals surface area contributed by atoms with Gasteiger partial charge in [-0.25, -0.2) is 9.67 Å². The minimum atomic E-state index is -0.394. The Hall–Kier alpha value is -2.18. The van der Waals surface area contributed by atoms with Gasteiger partial charge in [-0.1, -0.05) is 19.0 Å². The van der Waals surface area contributed by atoms with Crippen molar-refractivity contribution in [2.45, 2.75) is 39.3 Å². The molecule has 108 valence electrons. The van der Waals surface area contributed by atoms with Crippen LogP contribution in [0.2, 0.25) is 0 Å². The van der Waals surface area contributed by atoms with Crippen LogP contribution in [-0.4, -0.2) is 37.8 Å². The lowest BCUT2D eigenvalue weighted by Crippen LogP contribution is -2.32. The van der Waals surface area contributed by atoms with E-state index in [0.717, 1.165) is 5.69 Å². The van der Waals surface area contributed by atoms with Crippen LogP contribution in [0.15, 0.2) is 23.2 Å². The third kappa shape index (κ3) is 3.04. The van der Waals surface area contributed by atoms with E-state index in [1.807, 2.05) is 19.9 Å². The van der Waals surface area contributed by atoms with Crippen LogP contribution < -0.4 is 0 Å². The largest absolute Gasteiger partial charge is 0.359 e. The van der Waals surface area contributed by atoms with Crippen molar-refractivity contribution >= 4 is 5.91 Å². The minimum absolute atomic E-state index is 0.0574. The Morgan fingerprint density at radius 3 is 2.75 bits per heavy atom. The Morgan fingerprint density at radius 1 is 1.45 bits per heavy atom. The lowest BCUT2D eigenvalue weighted by molar-refractivity contribution is -0.134. The normalized spacial score (nSPS) is 12.7. The zero-order valence-corrected chi connectivity index (χ0v) is 12.1. The molecule has 0 bridgehead atoms. The molecule has 7 nitrogen and oxygen atoms in total. The maximum absolute atomic E-state index is 12.3. The van der Waals surface area contributed by atoms with E-state index in [0.29, 0.717) is 18.2 Å². The molecule has 0 spiro atoms. The Balaban J connectivity index is 2.00. The zero-order chi connectivity index (χ0) is 14.7. The maximum atomic E-state index is 12.3. The second kappa shape index (κ2) is 5.85. The molecule has 0 saturated heterocycles. The van der Waals surface area contributed by atoms with Crippen LogP contribution in [0.3, 0.4) is 0 Å². The van der Waals surface area contributed by atoms with E-state index in [4.69, 9.17) is 4.52 Å². The fourth-order valence-corrected chi connectivity index (χ4v) is 1.84. The van der Waals surface area contributed by atoms with E-state index in [9.17, 15) is 4.79 Å². The number of hydrogen-bond donors (Lipinski definition) is 0. The first-order valence-electron chi connectivity index (χ1n) is 6.53. The molecule has 0 aromatic carbocycles. The van der Waals surface area contributed by atoms with Crippen molar-refractivity contribution in [3.05, 3.63) is 30.2 Å². The zero-order valence-electron chi connectivity index (χ0n) is 12.1. The highest BCUT2D eigenvalue weighted by atomic mass is 16.5. The van der Waals surface area contributed by atoms with Gasteiger partial charge >= 0.3 is 0 Å². The summed E-state index contributed by atoms with van der Waals surface area (Å²) >= 11 is 0. The number of aromatic nitrogens is 4. The minimum Gasteiger partial charge on any atom is -0.359 e. The van der Waals surface area contributed by atoms with Gasteiger partial charge in [0.1, 0.15) is 18.7 Å². The lowest BCUT2D eigenvalue weighted by Gasteiger charge is -2.19. The van der Waals surface area contributed by atoms with E-state index >= 15 is 0 Å². The van der Waals surface area contributed by atoms with Crippen LogP contribution in [0.25, 0.3) is 0 Å². The highest BCUT2D eigenvalue weighted by Gasteiger charge is 2.21. The number of hydrogen-bond acceptors (Lipinski definition) is 5. The van der Waals surface area contributed by atoms with Gasteiger partial charge in [-0.3, -0.25) is 4.79 Å². The van der Waals surface area contributed by atoms with Gasteiger partial charge in [-0.15, -0.1) is 0 Å². The fraction of sp³-hybridized carbons (Fsp3) is 0.538. The highest BCUT2D eigenvalue weighted by Crippen LogP contribution is 2.16. The van der Waals surface area contributed by atoms with Crippen LogP contribution >= 0.6 is 0 Å². The summed E-state index contributed by atoms with van der Waals surface area (Å²) in [5.41, 5.74) is 0.894. The average molecular weight is 277 g/mol. The van der Waals surface area contributed by atoms with E-state index in [-0.39, 0.29) is 5.91 Å². The Labute approximate surface area is 117 Å². The maximum Gasteiger partial charge on any atom is 0.247 e. The van der Waals surface area contributed by atoms with Crippen LogP contribution in [-0.2, 0) is 11.3 Å². The number of carbonyl (C=O) groups excluding carboxylic acids is 1. The van der Waals surface area contributed by atoms with Crippen molar-refractivity contribution in [3.8, 4) is 0 Å². The van der Waals surface area contributed by atoms with Crippen molar-refractivity contribution in [1.82, 2.24) is 24.8 Å². The molecular weight excluding hydrogens is 258 g/mol. The van der Waals surface area contributed by atoms with Gasteiger partial charge in [0.25, 0.3) is 0 Å². The van der Waals surface area contributed by atoms with Crippen LogP contribution in [0, 0.1) is 0 Å². The summed E-state index contributed by atoms with van der Waals surface area (Å²) in [6.45, 7) is 6.26. The molecule has 0 aliphatic rings. The summed E-state index contributed by atoms with van der Waals surface area (Å²) in [7, 11) is 1.73. The molecule has 1 atom stereocenters. The molecule has 0 N–H and O–H groups in total. The predicted octanol–water partition coefficient (Wildman–Crippen LogP) is 1.61. The highest BCUT2D eigenvalue weighted by molar-refractivity contribution is 5.79. The first kappa shape index (κ1) is 14.2. The van der Waals surface area contributed by atoms with Crippen molar-refractivity contribution < 1.29 is 9.32 Å². The number of amides is 1. The predicted molar refractivity (Wildman–Crippen MR) is 71.8 cm³/mol. The number of rotatable bonds is 5. The molecule has 1 amide bonds. The van der Waals surface area contributed by atoms with E-state index in [1.54, 1.807) is 18.9 Å². The van der Waals surface area contributed by atoms with E-state index in [1.165, 1.54) is 17.3 Å². The van der Waals surface area contributed by atoms with Gasteiger partial charge < -0.3 is 9.42 Å². The molecule has 0 fully saturated rings. The van der Waals surface area contributed by atoms with Crippen molar-refractivity contribution in [3.63, 3.8) is 0 Å². The summed E-state index contributed by atoms with van der Waals surface area (Å²) < 4.78 is 6.77. The van der Waals surface area contributed by atoms with Gasteiger partial charge in [0.15, 0.2) is 5.76 Å².